The first kappa shape index (κ1) is 13.8. The first-order chi connectivity index (χ1) is 9.79. The van der Waals surface area contributed by atoms with E-state index in [2.05, 4.69) is 28.6 Å². The monoisotopic (exact) mass is 292 g/mol. The molecule has 0 bridgehead atoms. The van der Waals surface area contributed by atoms with Gasteiger partial charge in [0.05, 0.1) is 12.5 Å². The summed E-state index contributed by atoms with van der Waals surface area (Å²) in [5.41, 5.74) is 0. The molecule has 0 spiro atoms. The maximum Gasteiger partial charge on any atom is 0.242 e. The van der Waals surface area contributed by atoms with E-state index in [0.29, 0.717) is 30.9 Å². The van der Waals surface area contributed by atoms with Crippen molar-refractivity contribution in [1.29, 1.82) is 0 Å². The zero-order valence-electron chi connectivity index (χ0n) is 11.7. The van der Waals surface area contributed by atoms with E-state index in [0.717, 1.165) is 18.8 Å². The number of thiophene rings is 1. The smallest absolute Gasteiger partial charge is 0.242 e. The van der Waals surface area contributed by atoms with Crippen LogP contribution >= 0.6 is 11.3 Å². The highest BCUT2D eigenvalue weighted by molar-refractivity contribution is 7.09. The van der Waals surface area contributed by atoms with Gasteiger partial charge in [0, 0.05) is 4.88 Å². The average molecular weight is 292 g/mol. The SMILES string of the molecule is C[C@H]1CCC[C@@H](OCc2nnc(Cc3cccs3)o2)C1. The minimum Gasteiger partial charge on any atom is -0.422 e. The Balaban J connectivity index is 1.49. The zero-order valence-corrected chi connectivity index (χ0v) is 12.6. The Hall–Kier alpha value is -1.20. The standard InChI is InChI=1S/C15H20N2O2S/c1-11-4-2-5-12(8-11)18-10-15-17-16-14(19-15)9-13-6-3-7-20-13/h3,6-7,11-12H,2,4-5,8-10H2,1H3/t11-,12+/m0/s1. The van der Waals surface area contributed by atoms with Gasteiger partial charge in [-0.1, -0.05) is 25.8 Å². The van der Waals surface area contributed by atoms with Crippen molar-refractivity contribution >= 4 is 11.3 Å². The molecule has 2 aromatic heterocycles. The minimum absolute atomic E-state index is 0.353. The lowest BCUT2D eigenvalue weighted by Gasteiger charge is -2.26. The van der Waals surface area contributed by atoms with Crippen molar-refractivity contribution in [2.75, 3.05) is 0 Å². The second-order valence-electron chi connectivity index (χ2n) is 5.55. The molecule has 0 radical (unpaired) electrons. The Morgan fingerprint density at radius 3 is 3.05 bits per heavy atom. The molecule has 20 heavy (non-hydrogen) atoms. The van der Waals surface area contributed by atoms with Gasteiger partial charge in [-0.25, -0.2) is 0 Å². The summed E-state index contributed by atoms with van der Waals surface area (Å²) in [6, 6.07) is 4.11. The second-order valence-corrected chi connectivity index (χ2v) is 6.58. The van der Waals surface area contributed by atoms with E-state index in [1.807, 2.05) is 6.07 Å². The van der Waals surface area contributed by atoms with E-state index in [1.165, 1.54) is 17.7 Å². The fraction of sp³-hybridized carbons (Fsp3) is 0.600. The highest BCUT2D eigenvalue weighted by atomic mass is 32.1. The highest BCUT2D eigenvalue weighted by Gasteiger charge is 2.20. The quantitative estimate of drug-likeness (QED) is 0.840. The van der Waals surface area contributed by atoms with Gasteiger partial charge in [-0.15, -0.1) is 21.5 Å². The Morgan fingerprint density at radius 1 is 1.35 bits per heavy atom. The van der Waals surface area contributed by atoms with E-state index in [-0.39, 0.29) is 0 Å². The van der Waals surface area contributed by atoms with Crippen LogP contribution in [0.1, 0.15) is 49.3 Å². The van der Waals surface area contributed by atoms with Crippen LogP contribution in [0.2, 0.25) is 0 Å². The van der Waals surface area contributed by atoms with E-state index >= 15 is 0 Å². The summed E-state index contributed by atoms with van der Waals surface area (Å²) in [7, 11) is 0. The third kappa shape index (κ3) is 3.67. The van der Waals surface area contributed by atoms with Gasteiger partial charge in [0.15, 0.2) is 0 Å². The summed E-state index contributed by atoms with van der Waals surface area (Å²) in [5.74, 6) is 2.03. The molecule has 0 N–H and O–H groups in total. The topological polar surface area (TPSA) is 48.2 Å². The third-order valence-corrected chi connectivity index (χ3v) is 4.62. The van der Waals surface area contributed by atoms with Gasteiger partial charge < -0.3 is 9.15 Å². The summed E-state index contributed by atoms with van der Waals surface area (Å²) in [5, 5.41) is 10.2. The molecule has 1 aliphatic rings. The Bertz CT molecular complexity index is 524. The van der Waals surface area contributed by atoms with Gasteiger partial charge >= 0.3 is 0 Å². The largest absolute Gasteiger partial charge is 0.422 e. The lowest BCUT2D eigenvalue weighted by atomic mass is 9.89. The summed E-state index contributed by atoms with van der Waals surface area (Å²) >= 11 is 1.70. The maximum atomic E-state index is 5.89. The molecule has 1 fully saturated rings. The van der Waals surface area contributed by atoms with Crippen molar-refractivity contribution in [3.8, 4) is 0 Å². The lowest BCUT2D eigenvalue weighted by Crippen LogP contribution is -2.21. The van der Waals surface area contributed by atoms with Gasteiger partial charge in [0.2, 0.25) is 11.8 Å². The van der Waals surface area contributed by atoms with Gasteiger partial charge in [-0.05, 0) is 30.2 Å². The average Bonchev–Trinajstić information content (AvgIpc) is 3.09. The Labute approximate surface area is 123 Å². The number of hydrogen-bond acceptors (Lipinski definition) is 5. The molecule has 2 heterocycles. The molecule has 0 aromatic carbocycles. The first-order valence-electron chi connectivity index (χ1n) is 7.25. The number of aromatic nitrogens is 2. The second kappa shape index (κ2) is 6.50. The molecule has 2 aromatic rings. The Kier molecular flexibility index (Phi) is 4.47. The first-order valence-corrected chi connectivity index (χ1v) is 8.13. The fourth-order valence-corrected chi connectivity index (χ4v) is 3.40. The number of ether oxygens (including phenoxy) is 1. The van der Waals surface area contributed by atoms with Crippen molar-refractivity contribution in [3.05, 3.63) is 34.2 Å². The predicted octanol–water partition coefficient (Wildman–Crippen LogP) is 3.82. The number of hydrogen-bond donors (Lipinski definition) is 0. The van der Waals surface area contributed by atoms with Crippen molar-refractivity contribution in [2.24, 2.45) is 5.92 Å². The van der Waals surface area contributed by atoms with Crippen LogP contribution in [-0.2, 0) is 17.8 Å². The van der Waals surface area contributed by atoms with E-state index in [4.69, 9.17) is 9.15 Å². The van der Waals surface area contributed by atoms with Gasteiger partial charge in [-0.3, -0.25) is 0 Å². The van der Waals surface area contributed by atoms with Crippen molar-refractivity contribution < 1.29 is 9.15 Å². The van der Waals surface area contributed by atoms with Crippen LogP contribution in [0.4, 0.5) is 0 Å². The van der Waals surface area contributed by atoms with Gasteiger partial charge in [-0.2, -0.15) is 0 Å². The van der Waals surface area contributed by atoms with Crippen LogP contribution in [0.3, 0.4) is 0 Å². The third-order valence-electron chi connectivity index (χ3n) is 3.75. The molecule has 0 amide bonds. The summed E-state index contributed by atoms with van der Waals surface area (Å²) in [6.45, 7) is 2.73. The molecule has 3 rings (SSSR count). The lowest BCUT2D eigenvalue weighted by molar-refractivity contribution is -0.00488. The normalized spacial score (nSPS) is 23.1. The van der Waals surface area contributed by atoms with E-state index in [1.54, 1.807) is 11.3 Å². The van der Waals surface area contributed by atoms with Crippen LogP contribution in [0, 0.1) is 5.92 Å². The van der Waals surface area contributed by atoms with Crippen LogP contribution in [-0.4, -0.2) is 16.3 Å². The predicted molar refractivity (Wildman–Crippen MR) is 77.6 cm³/mol. The molecular weight excluding hydrogens is 272 g/mol. The van der Waals surface area contributed by atoms with Gasteiger partial charge in [0.25, 0.3) is 0 Å². The Morgan fingerprint density at radius 2 is 2.25 bits per heavy atom. The van der Waals surface area contributed by atoms with Crippen molar-refractivity contribution in [3.63, 3.8) is 0 Å². The molecule has 5 heteroatoms. The van der Waals surface area contributed by atoms with Crippen molar-refractivity contribution in [2.45, 2.75) is 51.7 Å². The van der Waals surface area contributed by atoms with E-state index in [9.17, 15) is 0 Å². The molecule has 2 atom stereocenters. The molecule has 0 saturated heterocycles. The van der Waals surface area contributed by atoms with E-state index < -0.39 is 0 Å². The molecule has 0 aliphatic heterocycles. The highest BCUT2D eigenvalue weighted by Crippen LogP contribution is 2.26. The van der Waals surface area contributed by atoms with Gasteiger partial charge in [0.1, 0.15) is 6.61 Å². The minimum atomic E-state index is 0.353. The number of nitrogens with zero attached hydrogens (tertiary/aromatic N) is 2. The molecule has 4 nitrogen and oxygen atoms in total. The maximum absolute atomic E-state index is 5.89. The van der Waals surface area contributed by atoms with Crippen LogP contribution < -0.4 is 0 Å². The van der Waals surface area contributed by atoms with Crippen LogP contribution in [0.15, 0.2) is 21.9 Å². The molecule has 0 unspecified atom stereocenters. The summed E-state index contributed by atoms with van der Waals surface area (Å²) in [4.78, 5) is 1.24. The van der Waals surface area contributed by atoms with Crippen LogP contribution in [0.25, 0.3) is 0 Å². The fourth-order valence-electron chi connectivity index (χ4n) is 2.70. The molecule has 108 valence electrons. The molecule has 1 saturated carbocycles. The molecule has 1 aliphatic carbocycles. The zero-order chi connectivity index (χ0) is 13.8. The number of rotatable bonds is 5. The molecular formula is C15H20N2O2S. The van der Waals surface area contributed by atoms with Crippen LogP contribution in [0.5, 0.6) is 0 Å². The van der Waals surface area contributed by atoms with Crippen molar-refractivity contribution in [1.82, 2.24) is 10.2 Å². The summed E-state index contributed by atoms with van der Waals surface area (Å²) < 4.78 is 11.5. The summed E-state index contributed by atoms with van der Waals surface area (Å²) in [6.07, 6.45) is 5.96.